The average molecular weight is 264 g/mol. The molecular formula is C16H28N2O. The second kappa shape index (κ2) is 6.10. The van der Waals surface area contributed by atoms with Crippen molar-refractivity contribution in [3.05, 3.63) is 23.2 Å². The van der Waals surface area contributed by atoms with Crippen molar-refractivity contribution >= 4 is 0 Å². The summed E-state index contributed by atoms with van der Waals surface area (Å²) in [4.78, 5) is 2.41. The van der Waals surface area contributed by atoms with E-state index in [1.54, 1.807) is 0 Å². The van der Waals surface area contributed by atoms with Crippen LogP contribution in [0.15, 0.2) is 10.5 Å². The van der Waals surface area contributed by atoms with E-state index in [1.807, 2.05) is 0 Å². The Hall–Kier alpha value is -0.800. The molecule has 19 heavy (non-hydrogen) atoms. The van der Waals surface area contributed by atoms with Crippen LogP contribution in [0.4, 0.5) is 0 Å². The standard InChI is InChI=1S/C16H28N2O/c1-11(2)17-9-15-8-16(19-13(15)4)10-18(5)12(3)14-6-7-14/h8,11-12,14,17H,6-7,9-10H2,1-5H3. The molecule has 1 atom stereocenters. The molecule has 0 saturated heterocycles. The summed E-state index contributed by atoms with van der Waals surface area (Å²) in [5.74, 6) is 3.05. The van der Waals surface area contributed by atoms with Crippen molar-refractivity contribution in [1.82, 2.24) is 10.2 Å². The van der Waals surface area contributed by atoms with Gasteiger partial charge in [0.2, 0.25) is 0 Å². The van der Waals surface area contributed by atoms with Gasteiger partial charge in [0.05, 0.1) is 6.54 Å². The van der Waals surface area contributed by atoms with Gasteiger partial charge in [-0.3, -0.25) is 4.90 Å². The van der Waals surface area contributed by atoms with E-state index in [0.717, 1.165) is 30.5 Å². The van der Waals surface area contributed by atoms with E-state index in [4.69, 9.17) is 4.42 Å². The van der Waals surface area contributed by atoms with Gasteiger partial charge in [-0.15, -0.1) is 0 Å². The van der Waals surface area contributed by atoms with Crippen molar-refractivity contribution in [1.29, 1.82) is 0 Å². The van der Waals surface area contributed by atoms with Crippen LogP contribution in [0.25, 0.3) is 0 Å². The molecule has 1 heterocycles. The number of hydrogen-bond donors (Lipinski definition) is 1. The van der Waals surface area contributed by atoms with Crippen LogP contribution >= 0.6 is 0 Å². The monoisotopic (exact) mass is 264 g/mol. The van der Waals surface area contributed by atoms with E-state index in [0.29, 0.717) is 12.1 Å². The summed E-state index contributed by atoms with van der Waals surface area (Å²) in [5, 5.41) is 3.45. The maximum atomic E-state index is 5.89. The summed E-state index contributed by atoms with van der Waals surface area (Å²) >= 11 is 0. The molecule has 1 fully saturated rings. The predicted octanol–water partition coefficient (Wildman–Crippen LogP) is 3.32. The molecule has 1 unspecified atom stereocenters. The van der Waals surface area contributed by atoms with Gasteiger partial charge in [0.25, 0.3) is 0 Å². The van der Waals surface area contributed by atoms with Gasteiger partial charge in [-0.25, -0.2) is 0 Å². The Morgan fingerprint density at radius 1 is 1.37 bits per heavy atom. The fraction of sp³-hybridized carbons (Fsp3) is 0.750. The molecule has 0 spiro atoms. The molecule has 0 aromatic carbocycles. The third kappa shape index (κ3) is 4.08. The molecule has 0 aliphatic heterocycles. The molecule has 3 nitrogen and oxygen atoms in total. The van der Waals surface area contributed by atoms with Gasteiger partial charge in [0, 0.05) is 24.2 Å². The van der Waals surface area contributed by atoms with E-state index in [-0.39, 0.29) is 0 Å². The lowest BCUT2D eigenvalue weighted by molar-refractivity contribution is 0.209. The smallest absolute Gasteiger partial charge is 0.118 e. The number of aryl methyl sites for hydroxylation is 1. The van der Waals surface area contributed by atoms with E-state index in [9.17, 15) is 0 Å². The normalized spacial score (nSPS) is 17.4. The van der Waals surface area contributed by atoms with Crippen LogP contribution < -0.4 is 5.32 Å². The van der Waals surface area contributed by atoms with Crippen molar-refractivity contribution in [2.45, 2.75) is 65.7 Å². The van der Waals surface area contributed by atoms with E-state index in [1.165, 1.54) is 18.4 Å². The molecule has 0 radical (unpaired) electrons. The van der Waals surface area contributed by atoms with Gasteiger partial charge in [0.1, 0.15) is 11.5 Å². The van der Waals surface area contributed by atoms with Crippen LogP contribution in [0.2, 0.25) is 0 Å². The van der Waals surface area contributed by atoms with Gasteiger partial charge in [-0.1, -0.05) is 13.8 Å². The van der Waals surface area contributed by atoms with Crippen LogP contribution in [0.5, 0.6) is 0 Å². The maximum Gasteiger partial charge on any atom is 0.118 e. The number of nitrogens with one attached hydrogen (secondary N) is 1. The molecule has 1 aromatic heterocycles. The molecular weight excluding hydrogens is 236 g/mol. The summed E-state index contributed by atoms with van der Waals surface area (Å²) in [6.45, 7) is 10.5. The van der Waals surface area contributed by atoms with Crippen LogP contribution in [-0.4, -0.2) is 24.0 Å². The van der Waals surface area contributed by atoms with Gasteiger partial charge in [-0.2, -0.15) is 0 Å². The topological polar surface area (TPSA) is 28.4 Å². The molecule has 0 bridgehead atoms. The van der Waals surface area contributed by atoms with E-state index >= 15 is 0 Å². The predicted molar refractivity (Wildman–Crippen MR) is 79.1 cm³/mol. The van der Waals surface area contributed by atoms with Crippen molar-refractivity contribution < 1.29 is 4.42 Å². The van der Waals surface area contributed by atoms with Gasteiger partial charge in [0.15, 0.2) is 0 Å². The lowest BCUT2D eigenvalue weighted by Gasteiger charge is -2.23. The molecule has 1 aromatic rings. The van der Waals surface area contributed by atoms with Gasteiger partial charge >= 0.3 is 0 Å². The molecule has 1 aliphatic rings. The van der Waals surface area contributed by atoms with Crippen molar-refractivity contribution in [3.8, 4) is 0 Å². The Balaban J connectivity index is 1.91. The average Bonchev–Trinajstić information content (AvgIpc) is 3.11. The second-order valence-corrected chi connectivity index (χ2v) is 6.32. The third-order valence-electron chi connectivity index (χ3n) is 4.18. The first-order chi connectivity index (χ1) is 8.97. The summed E-state index contributed by atoms with van der Waals surface area (Å²) in [6, 6.07) is 3.39. The molecule has 2 rings (SSSR count). The highest BCUT2D eigenvalue weighted by Crippen LogP contribution is 2.35. The fourth-order valence-electron chi connectivity index (χ4n) is 2.48. The third-order valence-corrected chi connectivity index (χ3v) is 4.18. The summed E-state index contributed by atoms with van der Waals surface area (Å²) in [6.07, 6.45) is 2.79. The molecule has 1 saturated carbocycles. The summed E-state index contributed by atoms with van der Waals surface area (Å²) in [7, 11) is 2.20. The van der Waals surface area contributed by atoms with Crippen molar-refractivity contribution in [2.75, 3.05) is 7.05 Å². The van der Waals surface area contributed by atoms with Crippen molar-refractivity contribution in [2.24, 2.45) is 5.92 Å². The minimum absolute atomic E-state index is 0.510. The highest BCUT2D eigenvalue weighted by molar-refractivity contribution is 5.20. The zero-order valence-corrected chi connectivity index (χ0v) is 13.0. The highest BCUT2D eigenvalue weighted by atomic mass is 16.3. The minimum Gasteiger partial charge on any atom is -0.465 e. The Kier molecular flexibility index (Phi) is 4.69. The number of furan rings is 1. The Morgan fingerprint density at radius 3 is 2.63 bits per heavy atom. The lowest BCUT2D eigenvalue weighted by Crippen LogP contribution is -2.30. The fourth-order valence-corrected chi connectivity index (χ4v) is 2.48. The minimum atomic E-state index is 0.510. The first-order valence-corrected chi connectivity index (χ1v) is 7.49. The lowest BCUT2D eigenvalue weighted by atomic mass is 10.2. The van der Waals surface area contributed by atoms with Crippen LogP contribution in [0.1, 0.15) is 50.7 Å². The van der Waals surface area contributed by atoms with Crippen molar-refractivity contribution in [3.63, 3.8) is 0 Å². The largest absolute Gasteiger partial charge is 0.465 e. The molecule has 3 heteroatoms. The first-order valence-electron chi connectivity index (χ1n) is 7.49. The zero-order valence-electron chi connectivity index (χ0n) is 13.0. The second-order valence-electron chi connectivity index (χ2n) is 6.32. The number of hydrogen-bond acceptors (Lipinski definition) is 3. The summed E-state index contributed by atoms with van der Waals surface area (Å²) in [5.41, 5.74) is 1.29. The Labute approximate surface area is 117 Å². The van der Waals surface area contributed by atoms with Crippen LogP contribution in [-0.2, 0) is 13.1 Å². The molecule has 1 N–H and O–H groups in total. The van der Waals surface area contributed by atoms with Gasteiger partial charge in [-0.05, 0) is 45.7 Å². The van der Waals surface area contributed by atoms with E-state index < -0.39 is 0 Å². The zero-order chi connectivity index (χ0) is 14.0. The van der Waals surface area contributed by atoms with Crippen LogP contribution in [0, 0.1) is 12.8 Å². The molecule has 0 amide bonds. The molecule has 108 valence electrons. The number of rotatable bonds is 7. The Bertz CT molecular complexity index is 407. The quantitative estimate of drug-likeness (QED) is 0.819. The SMILES string of the molecule is Cc1oc(CN(C)C(C)C2CC2)cc1CNC(C)C. The Morgan fingerprint density at radius 2 is 2.05 bits per heavy atom. The number of nitrogens with zero attached hydrogens (tertiary/aromatic N) is 1. The van der Waals surface area contributed by atoms with Crippen LogP contribution in [0.3, 0.4) is 0 Å². The first kappa shape index (κ1) is 14.6. The molecule has 1 aliphatic carbocycles. The maximum absolute atomic E-state index is 5.89. The highest BCUT2D eigenvalue weighted by Gasteiger charge is 2.30. The van der Waals surface area contributed by atoms with Gasteiger partial charge < -0.3 is 9.73 Å². The summed E-state index contributed by atoms with van der Waals surface area (Å²) < 4.78 is 5.89. The van der Waals surface area contributed by atoms with E-state index in [2.05, 4.69) is 51.0 Å².